The van der Waals surface area contributed by atoms with Gasteiger partial charge in [0.2, 0.25) is 5.95 Å². The van der Waals surface area contributed by atoms with Crippen LogP contribution in [-0.4, -0.2) is 24.1 Å². The Balaban J connectivity index is 2.25. The molecule has 0 aliphatic heterocycles. The maximum atomic E-state index is 12.8. The number of anilines is 2. The van der Waals surface area contributed by atoms with Crippen LogP contribution in [0.25, 0.3) is 0 Å². The van der Waals surface area contributed by atoms with Crippen LogP contribution in [0.4, 0.5) is 24.9 Å². The van der Waals surface area contributed by atoms with Gasteiger partial charge in [-0.1, -0.05) is 6.07 Å². The Hall–Kier alpha value is -1.83. The highest BCUT2D eigenvalue weighted by molar-refractivity contribution is 7.09. The number of thiophene rings is 1. The minimum atomic E-state index is -4.49. The normalized spacial score (nSPS) is 11.4. The Labute approximate surface area is 118 Å². The van der Waals surface area contributed by atoms with Gasteiger partial charge in [-0.25, -0.2) is 4.98 Å². The molecule has 0 bridgehead atoms. The molecule has 0 fully saturated rings. The quantitative estimate of drug-likeness (QED) is 0.941. The van der Waals surface area contributed by atoms with Gasteiger partial charge in [0.05, 0.1) is 6.54 Å². The van der Waals surface area contributed by atoms with Gasteiger partial charge >= 0.3 is 6.18 Å². The fourth-order valence-electron chi connectivity index (χ4n) is 1.47. The number of aromatic nitrogens is 2. The summed E-state index contributed by atoms with van der Waals surface area (Å²) in [5, 5.41) is 4.71. The van der Waals surface area contributed by atoms with E-state index in [4.69, 9.17) is 0 Å². The van der Waals surface area contributed by atoms with E-state index in [-0.39, 0.29) is 11.8 Å². The van der Waals surface area contributed by atoms with Crippen molar-refractivity contribution in [3.8, 4) is 0 Å². The number of nitrogens with zero attached hydrogens (tertiary/aromatic N) is 3. The summed E-state index contributed by atoms with van der Waals surface area (Å²) in [6.07, 6.45) is -4.49. The number of alkyl halides is 3. The second-order valence-corrected chi connectivity index (χ2v) is 5.29. The molecule has 2 aromatic heterocycles. The summed E-state index contributed by atoms with van der Waals surface area (Å²) >= 11 is 1.51. The van der Waals surface area contributed by atoms with E-state index in [1.54, 1.807) is 14.1 Å². The highest BCUT2D eigenvalue weighted by atomic mass is 32.1. The van der Waals surface area contributed by atoms with Crippen LogP contribution in [0.2, 0.25) is 0 Å². The van der Waals surface area contributed by atoms with Crippen molar-refractivity contribution in [3.63, 3.8) is 0 Å². The lowest BCUT2D eigenvalue weighted by molar-refractivity contribution is -0.141. The molecule has 2 heterocycles. The van der Waals surface area contributed by atoms with Gasteiger partial charge < -0.3 is 10.2 Å². The minimum absolute atomic E-state index is 0.0306. The number of halogens is 3. The number of hydrogen-bond donors (Lipinski definition) is 1. The Morgan fingerprint density at radius 2 is 2.05 bits per heavy atom. The van der Waals surface area contributed by atoms with Crippen LogP contribution in [0.5, 0.6) is 0 Å². The lowest BCUT2D eigenvalue weighted by Crippen LogP contribution is -2.17. The predicted molar refractivity (Wildman–Crippen MR) is 73.0 cm³/mol. The third-order valence-electron chi connectivity index (χ3n) is 2.46. The average Bonchev–Trinajstić information content (AvgIpc) is 2.88. The molecule has 0 radical (unpaired) electrons. The van der Waals surface area contributed by atoms with Crippen LogP contribution in [0, 0.1) is 0 Å². The van der Waals surface area contributed by atoms with Crippen molar-refractivity contribution in [1.82, 2.24) is 9.97 Å². The fraction of sp³-hybridized carbons (Fsp3) is 0.333. The lowest BCUT2D eigenvalue weighted by atomic mass is 10.3. The van der Waals surface area contributed by atoms with E-state index in [1.165, 1.54) is 16.2 Å². The van der Waals surface area contributed by atoms with Gasteiger partial charge in [-0.15, -0.1) is 11.3 Å². The summed E-state index contributed by atoms with van der Waals surface area (Å²) < 4.78 is 38.4. The summed E-state index contributed by atoms with van der Waals surface area (Å²) in [7, 11) is 3.26. The summed E-state index contributed by atoms with van der Waals surface area (Å²) in [5.41, 5.74) is -0.954. The lowest BCUT2D eigenvalue weighted by Gasteiger charge is -2.15. The molecule has 0 aromatic carbocycles. The van der Waals surface area contributed by atoms with E-state index in [1.807, 2.05) is 17.5 Å². The molecule has 20 heavy (non-hydrogen) atoms. The summed E-state index contributed by atoms with van der Waals surface area (Å²) in [4.78, 5) is 10.1. The molecule has 1 N–H and O–H groups in total. The monoisotopic (exact) mass is 302 g/mol. The number of hydrogen-bond acceptors (Lipinski definition) is 5. The molecular formula is C12H13F3N4S. The van der Waals surface area contributed by atoms with Crippen LogP contribution in [0.15, 0.2) is 23.6 Å². The van der Waals surface area contributed by atoms with Gasteiger partial charge in [0.25, 0.3) is 0 Å². The van der Waals surface area contributed by atoms with Crippen molar-refractivity contribution in [2.75, 3.05) is 24.3 Å². The van der Waals surface area contributed by atoms with Gasteiger partial charge in [-0.05, 0) is 11.4 Å². The maximum Gasteiger partial charge on any atom is 0.433 e. The van der Waals surface area contributed by atoms with Crippen LogP contribution < -0.4 is 10.2 Å². The molecule has 0 unspecified atom stereocenters. The van der Waals surface area contributed by atoms with Crippen LogP contribution in [-0.2, 0) is 12.7 Å². The van der Waals surface area contributed by atoms with Crippen molar-refractivity contribution in [1.29, 1.82) is 0 Å². The molecule has 2 rings (SSSR count). The van der Waals surface area contributed by atoms with E-state index in [9.17, 15) is 13.2 Å². The Morgan fingerprint density at radius 3 is 2.60 bits per heavy atom. The fourth-order valence-corrected chi connectivity index (χ4v) is 2.11. The predicted octanol–water partition coefficient (Wildman–Crippen LogP) is 3.24. The van der Waals surface area contributed by atoms with E-state index in [0.717, 1.165) is 10.9 Å². The molecule has 0 aliphatic rings. The van der Waals surface area contributed by atoms with Gasteiger partial charge in [0, 0.05) is 25.0 Å². The van der Waals surface area contributed by atoms with Crippen molar-refractivity contribution < 1.29 is 13.2 Å². The first-order valence-electron chi connectivity index (χ1n) is 5.76. The first kappa shape index (κ1) is 14.6. The van der Waals surface area contributed by atoms with Crippen LogP contribution in [0.3, 0.4) is 0 Å². The van der Waals surface area contributed by atoms with E-state index < -0.39 is 11.9 Å². The van der Waals surface area contributed by atoms with Gasteiger partial charge in [0.1, 0.15) is 5.82 Å². The van der Waals surface area contributed by atoms with Gasteiger partial charge in [-0.2, -0.15) is 18.2 Å². The number of nitrogens with one attached hydrogen (secondary N) is 1. The van der Waals surface area contributed by atoms with E-state index in [2.05, 4.69) is 15.3 Å². The third kappa shape index (κ3) is 3.60. The Kier molecular flexibility index (Phi) is 4.12. The van der Waals surface area contributed by atoms with Crippen molar-refractivity contribution in [2.24, 2.45) is 0 Å². The second-order valence-electron chi connectivity index (χ2n) is 4.26. The molecule has 0 saturated carbocycles. The van der Waals surface area contributed by atoms with Crippen molar-refractivity contribution in [2.45, 2.75) is 12.7 Å². The van der Waals surface area contributed by atoms with Crippen molar-refractivity contribution in [3.05, 3.63) is 34.2 Å². The standard InChI is InChI=1S/C12H13F3N4S/c1-19(2)10-6-9(12(13,14)15)17-11(18-10)16-7-8-4-3-5-20-8/h3-6H,7H2,1-2H3,(H,16,17,18). The summed E-state index contributed by atoms with van der Waals surface area (Å²) in [5.74, 6) is 0.179. The van der Waals surface area contributed by atoms with Gasteiger partial charge in [0.15, 0.2) is 5.69 Å². The zero-order chi connectivity index (χ0) is 14.8. The molecule has 0 amide bonds. The average molecular weight is 302 g/mol. The SMILES string of the molecule is CN(C)c1cc(C(F)(F)F)nc(NCc2cccs2)n1. The molecule has 8 heteroatoms. The zero-order valence-corrected chi connectivity index (χ0v) is 11.7. The molecule has 2 aromatic rings. The third-order valence-corrected chi connectivity index (χ3v) is 3.34. The zero-order valence-electron chi connectivity index (χ0n) is 10.9. The van der Waals surface area contributed by atoms with Crippen LogP contribution >= 0.6 is 11.3 Å². The number of rotatable bonds is 4. The summed E-state index contributed by atoms with van der Waals surface area (Å²) in [6, 6.07) is 4.69. The molecule has 0 atom stereocenters. The topological polar surface area (TPSA) is 41.1 Å². The maximum absolute atomic E-state index is 12.8. The Bertz CT molecular complexity index is 567. The smallest absolute Gasteiger partial charge is 0.363 e. The highest BCUT2D eigenvalue weighted by Crippen LogP contribution is 2.30. The highest BCUT2D eigenvalue weighted by Gasteiger charge is 2.33. The van der Waals surface area contributed by atoms with E-state index in [0.29, 0.717) is 6.54 Å². The van der Waals surface area contributed by atoms with Gasteiger partial charge in [-0.3, -0.25) is 0 Å². The van der Waals surface area contributed by atoms with Crippen molar-refractivity contribution >= 4 is 23.1 Å². The molecule has 108 valence electrons. The largest absolute Gasteiger partial charge is 0.433 e. The molecule has 4 nitrogen and oxygen atoms in total. The van der Waals surface area contributed by atoms with E-state index >= 15 is 0 Å². The summed E-state index contributed by atoms with van der Waals surface area (Å²) in [6.45, 7) is 0.395. The first-order chi connectivity index (χ1) is 9.36. The Morgan fingerprint density at radius 1 is 1.30 bits per heavy atom. The second kappa shape index (κ2) is 5.66. The van der Waals surface area contributed by atoms with Crippen LogP contribution in [0.1, 0.15) is 10.6 Å². The molecule has 0 saturated heterocycles. The minimum Gasteiger partial charge on any atom is -0.363 e. The first-order valence-corrected chi connectivity index (χ1v) is 6.64. The molecular weight excluding hydrogens is 289 g/mol. The molecule has 0 aliphatic carbocycles. The molecule has 0 spiro atoms.